The molecule has 1 N–H and O–H groups in total. The number of halogens is 2. The van der Waals surface area contributed by atoms with Crippen molar-refractivity contribution >= 4 is 29.2 Å². The molecule has 106 valence electrons. The lowest BCUT2D eigenvalue weighted by atomic mass is 10.1. The number of methoxy groups -OCH3 is 1. The second kappa shape index (κ2) is 7.70. The van der Waals surface area contributed by atoms with E-state index in [1.54, 1.807) is 19.2 Å². The van der Waals surface area contributed by atoms with Gasteiger partial charge in [-0.05, 0) is 24.6 Å². The number of carbonyl (C=O) groups is 1. The van der Waals surface area contributed by atoms with Crippen molar-refractivity contribution in [3.63, 3.8) is 0 Å². The van der Waals surface area contributed by atoms with E-state index in [1.807, 2.05) is 17.9 Å². The summed E-state index contributed by atoms with van der Waals surface area (Å²) in [7, 11) is 1.59. The van der Waals surface area contributed by atoms with Gasteiger partial charge < -0.3 is 9.84 Å². The molecule has 0 aliphatic heterocycles. The van der Waals surface area contributed by atoms with Crippen LogP contribution in [0.1, 0.15) is 18.5 Å². The first kappa shape index (κ1) is 16.2. The van der Waals surface area contributed by atoms with Crippen LogP contribution in [0.5, 0.6) is 0 Å². The van der Waals surface area contributed by atoms with Crippen LogP contribution in [-0.4, -0.2) is 42.8 Å². The highest BCUT2D eigenvalue weighted by Gasteiger charge is 2.18. The zero-order valence-corrected chi connectivity index (χ0v) is 12.4. The van der Waals surface area contributed by atoms with E-state index in [9.17, 15) is 4.79 Å². The molecule has 0 fully saturated rings. The molecule has 1 atom stereocenters. The number of nitrogens with zero attached hydrogens (tertiary/aromatic N) is 1. The Morgan fingerprint density at radius 1 is 1.42 bits per heavy atom. The number of carboxylic acid groups (broad SMARTS) is 1. The van der Waals surface area contributed by atoms with Crippen LogP contribution in [0.2, 0.25) is 10.0 Å². The van der Waals surface area contributed by atoms with E-state index < -0.39 is 5.97 Å². The van der Waals surface area contributed by atoms with Crippen molar-refractivity contribution in [1.82, 2.24) is 4.90 Å². The summed E-state index contributed by atoms with van der Waals surface area (Å²) in [5.74, 6) is -0.872. The van der Waals surface area contributed by atoms with Gasteiger partial charge in [0.15, 0.2) is 0 Å². The second-order valence-electron chi connectivity index (χ2n) is 4.21. The SMILES string of the molecule is COCCN(CC(=O)O)C(C)c1ccc(Cl)c(Cl)c1. The molecule has 0 saturated carbocycles. The summed E-state index contributed by atoms with van der Waals surface area (Å²) < 4.78 is 5.00. The lowest BCUT2D eigenvalue weighted by Crippen LogP contribution is -2.35. The minimum atomic E-state index is -0.872. The largest absolute Gasteiger partial charge is 0.480 e. The van der Waals surface area contributed by atoms with Crippen LogP contribution in [-0.2, 0) is 9.53 Å². The standard InChI is InChI=1S/C13H17Cl2NO3/c1-9(10-3-4-11(14)12(15)7-10)16(5-6-19-2)8-13(17)18/h3-4,7,9H,5-6,8H2,1-2H3,(H,17,18). The van der Waals surface area contributed by atoms with Crippen molar-refractivity contribution in [2.45, 2.75) is 13.0 Å². The van der Waals surface area contributed by atoms with Crippen LogP contribution in [0.25, 0.3) is 0 Å². The van der Waals surface area contributed by atoms with Gasteiger partial charge in [0, 0.05) is 19.7 Å². The Bertz CT molecular complexity index is 440. The first-order chi connectivity index (χ1) is 8.95. The highest BCUT2D eigenvalue weighted by atomic mass is 35.5. The molecule has 0 saturated heterocycles. The molecule has 0 heterocycles. The minimum Gasteiger partial charge on any atom is -0.480 e. The van der Waals surface area contributed by atoms with Gasteiger partial charge in [-0.3, -0.25) is 9.69 Å². The number of hydrogen-bond acceptors (Lipinski definition) is 3. The van der Waals surface area contributed by atoms with Crippen molar-refractivity contribution in [3.8, 4) is 0 Å². The van der Waals surface area contributed by atoms with Crippen molar-refractivity contribution in [3.05, 3.63) is 33.8 Å². The number of aliphatic carboxylic acids is 1. The zero-order chi connectivity index (χ0) is 14.4. The van der Waals surface area contributed by atoms with E-state index in [1.165, 1.54) is 0 Å². The lowest BCUT2D eigenvalue weighted by molar-refractivity contribution is -0.139. The molecule has 19 heavy (non-hydrogen) atoms. The van der Waals surface area contributed by atoms with E-state index in [4.69, 9.17) is 33.0 Å². The molecule has 1 rings (SSSR count). The molecular weight excluding hydrogens is 289 g/mol. The monoisotopic (exact) mass is 305 g/mol. The summed E-state index contributed by atoms with van der Waals surface area (Å²) in [4.78, 5) is 12.7. The summed E-state index contributed by atoms with van der Waals surface area (Å²) in [5, 5.41) is 9.90. The fourth-order valence-corrected chi connectivity index (χ4v) is 2.08. The van der Waals surface area contributed by atoms with Crippen LogP contribution in [0.4, 0.5) is 0 Å². The normalized spacial score (nSPS) is 12.7. The highest BCUT2D eigenvalue weighted by molar-refractivity contribution is 6.42. The van der Waals surface area contributed by atoms with Gasteiger partial charge in [0.25, 0.3) is 0 Å². The summed E-state index contributed by atoms with van der Waals surface area (Å²) in [6.45, 7) is 2.88. The van der Waals surface area contributed by atoms with Crippen LogP contribution in [0, 0.1) is 0 Å². The Morgan fingerprint density at radius 3 is 2.63 bits per heavy atom. The van der Waals surface area contributed by atoms with E-state index >= 15 is 0 Å². The van der Waals surface area contributed by atoms with Crippen molar-refractivity contribution in [2.24, 2.45) is 0 Å². The Hall–Kier alpha value is -0.810. The third-order valence-electron chi connectivity index (χ3n) is 2.89. The molecule has 0 amide bonds. The van der Waals surface area contributed by atoms with Crippen LogP contribution in [0.15, 0.2) is 18.2 Å². The summed E-state index contributed by atoms with van der Waals surface area (Å²) in [6, 6.07) is 5.24. The Kier molecular flexibility index (Phi) is 6.58. The van der Waals surface area contributed by atoms with Gasteiger partial charge in [-0.1, -0.05) is 29.3 Å². The molecule has 0 aliphatic carbocycles. The molecule has 1 aromatic rings. The predicted octanol–water partition coefficient (Wildman–Crippen LogP) is 3.09. The number of benzene rings is 1. The Morgan fingerprint density at radius 2 is 2.11 bits per heavy atom. The van der Waals surface area contributed by atoms with Crippen LogP contribution in [0.3, 0.4) is 0 Å². The molecule has 0 spiro atoms. The van der Waals surface area contributed by atoms with Crippen LogP contribution < -0.4 is 0 Å². The van der Waals surface area contributed by atoms with Gasteiger partial charge in [-0.2, -0.15) is 0 Å². The summed E-state index contributed by atoms with van der Waals surface area (Å²) in [5.41, 5.74) is 0.923. The molecule has 1 unspecified atom stereocenters. The molecule has 0 bridgehead atoms. The Balaban J connectivity index is 2.86. The van der Waals surface area contributed by atoms with E-state index in [-0.39, 0.29) is 12.6 Å². The molecule has 0 aromatic heterocycles. The molecule has 0 aliphatic rings. The maximum Gasteiger partial charge on any atom is 0.317 e. The summed E-state index contributed by atoms with van der Waals surface area (Å²) >= 11 is 11.9. The van der Waals surface area contributed by atoms with Gasteiger partial charge in [0.1, 0.15) is 0 Å². The lowest BCUT2D eigenvalue weighted by Gasteiger charge is -2.27. The molecule has 6 heteroatoms. The first-order valence-corrected chi connectivity index (χ1v) is 6.61. The van der Waals surface area contributed by atoms with Crippen molar-refractivity contribution in [2.75, 3.05) is 26.8 Å². The maximum absolute atomic E-state index is 10.9. The van der Waals surface area contributed by atoms with E-state index in [2.05, 4.69) is 0 Å². The van der Waals surface area contributed by atoms with Crippen LogP contribution >= 0.6 is 23.2 Å². The van der Waals surface area contributed by atoms with Gasteiger partial charge in [0.05, 0.1) is 23.2 Å². The third kappa shape index (κ3) is 4.99. The topological polar surface area (TPSA) is 49.8 Å². The third-order valence-corrected chi connectivity index (χ3v) is 3.63. The number of ether oxygens (including phenoxy) is 1. The smallest absolute Gasteiger partial charge is 0.317 e. The van der Waals surface area contributed by atoms with Gasteiger partial charge in [-0.15, -0.1) is 0 Å². The van der Waals surface area contributed by atoms with E-state index in [0.717, 1.165) is 5.56 Å². The van der Waals surface area contributed by atoms with Gasteiger partial charge >= 0.3 is 5.97 Å². The molecule has 1 aromatic carbocycles. The minimum absolute atomic E-state index is 0.0508. The number of rotatable bonds is 7. The second-order valence-corrected chi connectivity index (χ2v) is 5.02. The quantitative estimate of drug-likeness (QED) is 0.841. The fraction of sp³-hybridized carbons (Fsp3) is 0.462. The molecular formula is C13H17Cl2NO3. The molecule has 0 radical (unpaired) electrons. The predicted molar refractivity (Wildman–Crippen MR) is 76.0 cm³/mol. The average Bonchev–Trinajstić information content (AvgIpc) is 2.36. The maximum atomic E-state index is 10.9. The Labute approximate surface area is 122 Å². The number of carboxylic acids is 1. The number of hydrogen-bond donors (Lipinski definition) is 1. The zero-order valence-electron chi connectivity index (χ0n) is 10.9. The highest BCUT2D eigenvalue weighted by Crippen LogP contribution is 2.28. The fourth-order valence-electron chi connectivity index (χ4n) is 1.77. The summed E-state index contributed by atoms with van der Waals surface area (Å²) in [6.07, 6.45) is 0. The van der Waals surface area contributed by atoms with Gasteiger partial charge in [-0.25, -0.2) is 0 Å². The first-order valence-electron chi connectivity index (χ1n) is 5.85. The molecule has 4 nitrogen and oxygen atoms in total. The average molecular weight is 306 g/mol. The van der Waals surface area contributed by atoms with E-state index in [0.29, 0.717) is 23.2 Å². The van der Waals surface area contributed by atoms with Gasteiger partial charge in [0.2, 0.25) is 0 Å². The van der Waals surface area contributed by atoms with Crippen molar-refractivity contribution < 1.29 is 14.6 Å². The van der Waals surface area contributed by atoms with Crippen molar-refractivity contribution in [1.29, 1.82) is 0 Å².